The van der Waals surface area contributed by atoms with Crippen molar-refractivity contribution < 1.29 is 15.0 Å². The first kappa shape index (κ1) is 16.4. The molecule has 114 valence electrons. The normalized spacial score (nSPS) is 12.7. The summed E-state index contributed by atoms with van der Waals surface area (Å²) >= 11 is 0. The van der Waals surface area contributed by atoms with Crippen LogP contribution >= 0.6 is 0 Å². The first-order chi connectivity index (χ1) is 8.92. The number of hydrogen-bond acceptors (Lipinski definition) is 3. The number of amides is 1. The fourth-order valence-corrected chi connectivity index (χ4v) is 2.27. The van der Waals surface area contributed by atoms with Gasteiger partial charge in [-0.1, -0.05) is 41.5 Å². The molecule has 1 amide bonds. The first-order valence-corrected chi connectivity index (χ1v) is 6.87. The van der Waals surface area contributed by atoms with E-state index in [1.165, 1.54) is 0 Å². The summed E-state index contributed by atoms with van der Waals surface area (Å²) in [7, 11) is 0. The van der Waals surface area contributed by atoms with Crippen LogP contribution in [0.25, 0.3) is 0 Å². The summed E-state index contributed by atoms with van der Waals surface area (Å²) in [5.41, 5.74) is 5.12. The third-order valence-corrected chi connectivity index (χ3v) is 3.71. The molecule has 0 saturated heterocycles. The van der Waals surface area contributed by atoms with Gasteiger partial charge in [0.05, 0.1) is 5.69 Å². The molecule has 0 atom stereocenters. The number of hydrogen-bond donors (Lipinski definition) is 3. The van der Waals surface area contributed by atoms with Crippen LogP contribution in [0.3, 0.4) is 0 Å². The highest BCUT2D eigenvalue weighted by molar-refractivity contribution is 5.98. The molecule has 0 bridgehead atoms. The second kappa shape index (κ2) is 5.04. The lowest BCUT2D eigenvalue weighted by Gasteiger charge is -2.28. The van der Waals surface area contributed by atoms with Gasteiger partial charge < -0.3 is 20.5 Å². The van der Waals surface area contributed by atoms with Crippen LogP contribution in [-0.2, 0) is 12.0 Å². The number of primary amides is 1. The Balaban J connectivity index is 3.57. The molecule has 0 aliphatic carbocycles. The molecule has 0 spiro atoms. The fourth-order valence-electron chi connectivity index (χ4n) is 2.27. The van der Waals surface area contributed by atoms with E-state index in [0.29, 0.717) is 12.2 Å². The maximum absolute atomic E-state index is 11.5. The highest BCUT2D eigenvalue weighted by Gasteiger charge is 2.34. The lowest BCUT2D eigenvalue weighted by Crippen LogP contribution is -2.24. The topological polar surface area (TPSA) is 88.5 Å². The van der Waals surface area contributed by atoms with Gasteiger partial charge in [-0.25, -0.2) is 0 Å². The molecule has 1 aromatic heterocycles. The summed E-state index contributed by atoms with van der Waals surface area (Å²) in [6.45, 7) is 12.5. The maximum atomic E-state index is 11.5. The number of aromatic nitrogens is 1. The Morgan fingerprint density at radius 3 is 2.05 bits per heavy atom. The van der Waals surface area contributed by atoms with E-state index >= 15 is 0 Å². The summed E-state index contributed by atoms with van der Waals surface area (Å²) < 4.78 is 1.61. The summed E-state index contributed by atoms with van der Waals surface area (Å²) in [4.78, 5) is 11.5. The summed E-state index contributed by atoms with van der Waals surface area (Å²) in [5, 5.41) is 20.6. The third kappa shape index (κ3) is 2.92. The smallest absolute Gasteiger partial charge is 0.257 e. The minimum absolute atomic E-state index is 0.0716. The van der Waals surface area contributed by atoms with Gasteiger partial charge in [0.1, 0.15) is 5.56 Å². The van der Waals surface area contributed by atoms with Crippen molar-refractivity contribution in [2.75, 3.05) is 0 Å². The van der Waals surface area contributed by atoms with Crippen LogP contribution in [0.4, 0.5) is 0 Å². The fraction of sp³-hybridized carbons (Fsp3) is 0.667. The van der Waals surface area contributed by atoms with Gasteiger partial charge in [-0.2, -0.15) is 0 Å². The van der Waals surface area contributed by atoms with Crippen molar-refractivity contribution >= 4 is 5.91 Å². The number of nitrogens with two attached hydrogens (primary N) is 1. The molecule has 0 saturated carbocycles. The molecule has 1 rings (SSSR count). The Morgan fingerprint density at radius 2 is 1.70 bits per heavy atom. The van der Waals surface area contributed by atoms with Gasteiger partial charge in [0.2, 0.25) is 5.88 Å². The van der Waals surface area contributed by atoms with Crippen molar-refractivity contribution in [1.29, 1.82) is 0 Å². The molecule has 0 aliphatic rings. The van der Waals surface area contributed by atoms with Gasteiger partial charge in [0, 0.05) is 12.0 Å². The quantitative estimate of drug-likeness (QED) is 0.793. The Morgan fingerprint density at radius 1 is 1.20 bits per heavy atom. The van der Waals surface area contributed by atoms with Gasteiger partial charge in [0.25, 0.3) is 5.91 Å². The van der Waals surface area contributed by atoms with Gasteiger partial charge in [0.15, 0.2) is 5.75 Å². The van der Waals surface area contributed by atoms with Crippen molar-refractivity contribution in [3.05, 3.63) is 11.3 Å². The van der Waals surface area contributed by atoms with Crippen molar-refractivity contribution in [3.8, 4) is 11.6 Å². The van der Waals surface area contributed by atoms with Crippen LogP contribution in [0.2, 0.25) is 0 Å². The van der Waals surface area contributed by atoms with Crippen LogP contribution in [0, 0.1) is 5.41 Å². The molecule has 5 nitrogen and oxygen atoms in total. The standard InChI is InChI=1S/C15H26N2O3/c1-7-15(5,6)8-17-11(14(2,3)4)10(18)9(12(16)19)13(17)20/h18,20H,7-8H2,1-6H3,(H2,16,19). The molecular formula is C15H26N2O3. The molecule has 4 N–H and O–H groups in total. The molecule has 0 aromatic carbocycles. The van der Waals surface area contributed by atoms with Crippen LogP contribution < -0.4 is 5.73 Å². The zero-order valence-electron chi connectivity index (χ0n) is 13.2. The van der Waals surface area contributed by atoms with E-state index in [1.807, 2.05) is 20.8 Å². The number of carbonyl (C=O) groups is 1. The Labute approximate surface area is 120 Å². The lowest BCUT2D eigenvalue weighted by atomic mass is 9.88. The van der Waals surface area contributed by atoms with E-state index in [4.69, 9.17) is 5.73 Å². The van der Waals surface area contributed by atoms with Gasteiger partial charge in [-0.3, -0.25) is 4.79 Å². The van der Waals surface area contributed by atoms with Crippen molar-refractivity contribution in [1.82, 2.24) is 4.57 Å². The predicted molar refractivity (Wildman–Crippen MR) is 79.1 cm³/mol. The van der Waals surface area contributed by atoms with E-state index in [9.17, 15) is 15.0 Å². The van der Waals surface area contributed by atoms with Gasteiger partial charge >= 0.3 is 0 Å². The second-order valence-electron chi connectivity index (χ2n) is 7.11. The second-order valence-corrected chi connectivity index (χ2v) is 7.11. The third-order valence-electron chi connectivity index (χ3n) is 3.71. The van der Waals surface area contributed by atoms with Crippen LogP contribution in [0.5, 0.6) is 11.6 Å². The van der Waals surface area contributed by atoms with Crippen molar-refractivity contribution in [3.63, 3.8) is 0 Å². The largest absolute Gasteiger partial charge is 0.505 e. The minimum Gasteiger partial charge on any atom is -0.505 e. The zero-order chi connectivity index (χ0) is 15.9. The molecule has 0 radical (unpaired) electrons. The number of rotatable bonds is 4. The van der Waals surface area contributed by atoms with Crippen molar-refractivity contribution in [2.24, 2.45) is 11.1 Å². The summed E-state index contributed by atoms with van der Waals surface area (Å²) in [6, 6.07) is 0. The predicted octanol–water partition coefficient (Wildman–Crippen LogP) is 2.73. The van der Waals surface area contributed by atoms with E-state index in [-0.39, 0.29) is 22.6 Å². The van der Waals surface area contributed by atoms with E-state index in [0.717, 1.165) is 6.42 Å². The molecule has 0 unspecified atom stereocenters. The highest BCUT2D eigenvalue weighted by Crippen LogP contribution is 2.42. The molecule has 1 aromatic rings. The molecular weight excluding hydrogens is 256 g/mol. The molecule has 0 fully saturated rings. The number of nitrogens with zero attached hydrogens (tertiary/aromatic N) is 1. The minimum atomic E-state index is -0.821. The number of carbonyl (C=O) groups excluding carboxylic acids is 1. The van der Waals surface area contributed by atoms with Crippen LogP contribution in [0.15, 0.2) is 0 Å². The monoisotopic (exact) mass is 282 g/mol. The molecule has 5 heteroatoms. The summed E-state index contributed by atoms with van der Waals surface area (Å²) in [6.07, 6.45) is 0.904. The Bertz CT molecular complexity index is 522. The van der Waals surface area contributed by atoms with Crippen LogP contribution in [-0.4, -0.2) is 20.7 Å². The molecule has 0 aliphatic heterocycles. The van der Waals surface area contributed by atoms with Crippen molar-refractivity contribution in [2.45, 2.75) is 59.9 Å². The highest BCUT2D eigenvalue weighted by atomic mass is 16.3. The van der Waals surface area contributed by atoms with Crippen LogP contribution in [0.1, 0.15) is 64.0 Å². The van der Waals surface area contributed by atoms with E-state index in [1.54, 1.807) is 4.57 Å². The molecule has 1 heterocycles. The lowest BCUT2D eigenvalue weighted by molar-refractivity contribution is 0.0994. The maximum Gasteiger partial charge on any atom is 0.257 e. The van der Waals surface area contributed by atoms with Gasteiger partial charge in [-0.15, -0.1) is 0 Å². The molecule has 20 heavy (non-hydrogen) atoms. The Kier molecular flexibility index (Phi) is 4.13. The average molecular weight is 282 g/mol. The zero-order valence-corrected chi connectivity index (χ0v) is 13.2. The SMILES string of the molecule is CCC(C)(C)Cn1c(O)c(C(N)=O)c(O)c1C(C)(C)C. The average Bonchev–Trinajstić information content (AvgIpc) is 2.49. The first-order valence-electron chi connectivity index (χ1n) is 6.87. The number of aromatic hydroxyl groups is 2. The van der Waals surface area contributed by atoms with E-state index < -0.39 is 11.3 Å². The Hall–Kier alpha value is -1.65. The van der Waals surface area contributed by atoms with Gasteiger partial charge in [-0.05, 0) is 11.8 Å². The summed E-state index contributed by atoms with van der Waals surface area (Å²) in [5.74, 6) is -1.28. The van der Waals surface area contributed by atoms with E-state index in [2.05, 4.69) is 20.8 Å².